The molecule has 0 bridgehead atoms. The summed E-state index contributed by atoms with van der Waals surface area (Å²) in [6.07, 6.45) is 32.2. The number of aliphatic hydroxyl groups excluding tert-OH is 3. The van der Waals surface area contributed by atoms with E-state index in [4.69, 9.17) is 18.5 Å². The largest absolute Gasteiger partial charge is 0.472 e. The van der Waals surface area contributed by atoms with E-state index in [1.54, 1.807) is 42.5 Å². The number of carbonyl (C=O) groups is 2. The second-order valence-corrected chi connectivity index (χ2v) is 17.4. The first kappa shape index (κ1) is 55.6. The molecule has 0 aromatic rings. The Hall–Kier alpha value is -2.41. The number of esters is 2. The fourth-order valence-electron chi connectivity index (χ4n) is 5.59. The van der Waals surface area contributed by atoms with Gasteiger partial charge in [-0.05, 0) is 32.1 Å². The summed E-state index contributed by atoms with van der Waals surface area (Å²) in [5.41, 5.74) is 0. The number of allylic oxidation sites excluding steroid dienone is 7. The smallest absolute Gasteiger partial charge is 0.462 e. The number of nitrogens with zero attached hydrogens (tertiary/aromatic N) is 1. The topological polar surface area (TPSA) is 169 Å². The molecule has 0 fully saturated rings. The molecule has 0 rings (SSSR count). The molecule has 0 aromatic heterocycles. The molecule has 0 saturated heterocycles. The van der Waals surface area contributed by atoms with E-state index in [-0.39, 0.29) is 38.9 Å². The zero-order valence-corrected chi connectivity index (χ0v) is 37.5. The number of phosphoric acid groups is 1. The molecule has 0 aromatic carbocycles. The van der Waals surface area contributed by atoms with Crippen molar-refractivity contribution in [1.82, 2.24) is 0 Å². The number of likely N-dealkylation sites (N-methyl/N-ethyl adjacent to an activating group) is 1. The Morgan fingerprint density at radius 2 is 1.19 bits per heavy atom. The van der Waals surface area contributed by atoms with Crippen LogP contribution in [0.15, 0.2) is 60.8 Å². The lowest BCUT2D eigenvalue weighted by molar-refractivity contribution is -0.870. The van der Waals surface area contributed by atoms with E-state index in [1.165, 1.54) is 70.3 Å². The second-order valence-electron chi connectivity index (χ2n) is 15.9. The van der Waals surface area contributed by atoms with Gasteiger partial charge in [-0.1, -0.05) is 158 Å². The van der Waals surface area contributed by atoms with Crippen LogP contribution in [0, 0.1) is 0 Å². The molecule has 12 nitrogen and oxygen atoms in total. The summed E-state index contributed by atoms with van der Waals surface area (Å²) in [7, 11) is 1.25. The van der Waals surface area contributed by atoms with Crippen LogP contribution in [0.5, 0.6) is 0 Å². The van der Waals surface area contributed by atoms with Gasteiger partial charge in [0, 0.05) is 12.8 Å². The van der Waals surface area contributed by atoms with Crippen LogP contribution >= 0.6 is 7.82 Å². The van der Waals surface area contributed by atoms with Gasteiger partial charge in [-0.15, -0.1) is 0 Å². The molecule has 336 valence electrons. The molecule has 5 atom stereocenters. The third kappa shape index (κ3) is 37.8. The number of hydrogen-bond donors (Lipinski definition) is 4. The number of carbonyl (C=O) groups excluding carboxylic acids is 2. The summed E-state index contributed by atoms with van der Waals surface area (Å²) < 4.78 is 34.0. The standard InChI is InChI=1S/C45H80NO11P/c1-6-8-10-11-12-13-14-15-16-17-18-19-24-28-34-44(50)54-38-41(39-56-58(52,53)55-37-36-46(3,4)5)57-45(51)35-29-33-43(49)42(48)32-27-23-21-20-22-26-31-40(47)30-25-9-7-2/h9,20-23,25-27,31-32,40-43,47-49H,6-8,10-19,24,28-30,33-39H2,1-5H3/p+1/b22-20+,23-21-,25-9-,31-26+,32-27-/t40-,41+,42+,43+/m0/s1. The van der Waals surface area contributed by atoms with Gasteiger partial charge in [0.2, 0.25) is 0 Å². The SMILES string of the molecule is CC/C=C\C[C@H](O)/C=C/C=C/C=C\C=C/[C@@H](O)[C@H](O)CCCC(=O)O[C@H](COC(=O)CCCCCCCCCCCCCCCC)COP(=O)(O)OCC[N+](C)(C)C. The minimum atomic E-state index is -4.47. The molecule has 58 heavy (non-hydrogen) atoms. The van der Waals surface area contributed by atoms with Crippen molar-refractivity contribution in [3.8, 4) is 0 Å². The Morgan fingerprint density at radius 1 is 0.655 bits per heavy atom. The lowest BCUT2D eigenvalue weighted by Crippen LogP contribution is -2.37. The molecule has 0 amide bonds. The number of quaternary nitrogens is 1. The van der Waals surface area contributed by atoms with Crippen molar-refractivity contribution in [3.05, 3.63) is 60.8 Å². The van der Waals surface area contributed by atoms with Crippen molar-refractivity contribution in [2.24, 2.45) is 0 Å². The average Bonchev–Trinajstić information content (AvgIpc) is 3.16. The van der Waals surface area contributed by atoms with Gasteiger partial charge in [0.05, 0.1) is 46.1 Å². The van der Waals surface area contributed by atoms with E-state index >= 15 is 0 Å². The molecule has 0 aliphatic rings. The summed E-state index contributed by atoms with van der Waals surface area (Å²) in [6.45, 7) is 3.81. The predicted octanol–water partition coefficient (Wildman–Crippen LogP) is 8.99. The third-order valence-electron chi connectivity index (χ3n) is 9.15. The van der Waals surface area contributed by atoms with Crippen LogP contribution < -0.4 is 0 Å². The molecular weight excluding hydrogens is 761 g/mol. The Kier molecular flexibility index (Phi) is 34.9. The van der Waals surface area contributed by atoms with E-state index in [2.05, 4.69) is 6.92 Å². The van der Waals surface area contributed by atoms with E-state index in [0.29, 0.717) is 23.9 Å². The average molecular weight is 843 g/mol. The quantitative estimate of drug-likeness (QED) is 0.0117. The first-order valence-corrected chi connectivity index (χ1v) is 23.3. The third-order valence-corrected chi connectivity index (χ3v) is 10.1. The highest BCUT2D eigenvalue weighted by molar-refractivity contribution is 7.47. The first-order chi connectivity index (χ1) is 27.7. The van der Waals surface area contributed by atoms with E-state index in [0.717, 1.165) is 25.7 Å². The van der Waals surface area contributed by atoms with Crippen LogP contribution in [0.3, 0.4) is 0 Å². The highest BCUT2D eigenvalue weighted by atomic mass is 31.2. The maximum Gasteiger partial charge on any atom is 0.472 e. The maximum absolute atomic E-state index is 12.7. The Bertz CT molecular complexity index is 1230. The zero-order chi connectivity index (χ0) is 43.3. The zero-order valence-electron chi connectivity index (χ0n) is 36.6. The molecule has 0 radical (unpaired) electrons. The summed E-state index contributed by atoms with van der Waals surface area (Å²) >= 11 is 0. The van der Waals surface area contributed by atoms with E-state index < -0.39 is 50.8 Å². The predicted molar refractivity (Wildman–Crippen MR) is 233 cm³/mol. The Labute approximate surface area is 351 Å². The molecule has 0 heterocycles. The van der Waals surface area contributed by atoms with Crippen LogP contribution in [0.2, 0.25) is 0 Å². The molecular formula is C45H81NO11P+. The van der Waals surface area contributed by atoms with Gasteiger partial charge in [-0.3, -0.25) is 18.6 Å². The van der Waals surface area contributed by atoms with Crippen molar-refractivity contribution in [1.29, 1.82) is 0 Å². The van der Waals surface area contributed by atoms with Gasteiger partial charge in [-0.25, -0.2) is 4.57 Å². The Morgan fingerprint density at radius 3 is 1.76 bits per heavy atom. The lowest BCUT2D eigenvalue weighted by atomic mass is 10.0. The molecule has 0 spiro atoms. The molecule has 4 N–H and O–H groups in total. The fraction of sp³-hybridized carbons (Fsp3) is 0.733. The molecule has 0 aliphatic carbocycles. The highest BCUT2D eigenvalue weighted by Crippen LogP contribution is 2.43. The maximum atomic E-state index is 12.7. The van der Waals surface area contributed by atoms with Crippen LogP contribution in [-0.4, -0.2) is 109 Å². The van der Waals surface area contributed by atoms with E-state index in [9.17, 15) is 34.4 Å². The second kappa shape index (κ2) is 36.4. The van der Waals surface area contributed by atoms with Gasteiger partial charge in [0.25, 0.3) is 0 Å². The van der Waals surface area contributed by atoms with Gasteiger partial charge in [0.15, 0.2) is 6.10 Å². The minimum Gasteiger partial charge on any atom is -0.462 e. The number of phosphoric ester groups is 1. The van der Waals surface area contributed by atoms with Crippen LogP contribution in [0.4, 0.5) is 0 Å². The first-order valence-electron chi connectivity index (χ1n) is 21.8. The van der Waals surface area contributed by atoms with Crippen LogP contribution in [0.1, 0.15) is 142 Å². The molecule has 0 saturated carbocycles. The van der Waals surface area contributed by atoms with Crippen LogP contribution in [-0.2, 0) is 32.7 Å². The van der Waals surface area contributed by atoms with Gasteiger partial charge >= 0.3 is 19.8 Å². The van der Waals surface area contributed by atoms with Gasteiger partial charge in [0.1, 0.15) is 19.8 Å². The summed E-state index contributed by atoms with van der Waals surface area (Å²) in [4.78, 5) is 35.4. The summed E-state index contributed by atoms with van der Waals surface area (Å²) in [6, 6.07) is 0. The van der Waals surface area contributed by atoms with Crippen molar-refractivity contribution >= 4 is 19.8 Å². The van der Waals surface area contributed by atoms with Crippen LogP contribution in [0.25, 0.3) is 0 Å². The molecule has 13 heteroatoms. The Balaban J connectivity index is 4.72. The van der Waals surface area contributed by atoms with Crippen molar-refractivity contribution in [2.45, 2.75) is 167 Å². The van der Waals surface area contributed by atoms with E-state index in [1.807, 2.05) is 40.2 Å². The molecule has 0 aliphatic heterocycles. The lowest BCUT2D eigenvalue weighted by Gasteiger charge is -2.24. The minimum absolute atomic E-state index is 0.0341. The highest BCUT2D eigenvalue weighted by Gasteiger charge is 2.27. The number of ether oxygens (including phenoxy) is 2. The summed E-state index contributed by atoms with van der Waals surface area (Å²) in [5, 5.41) is 30.5. The normalized spacial score (nSPS) is 15.8. The van der Waals surface area contributed by atoms with Crippen molar-refractivity contribution in [2.75, 3.05) is 47.5 Å². The monoisotopic (exact) mass is 843 g/mol. The number of unbranched alkanes of at least 4 members (excludes halogenated alkanes) is 13. The van der Waals surface area contributed by atoms with Crippen molar-refractivity contribution < 1.29 is 57.4 Å². The van der Waals surface area contributed by atoms with Crippen molar-refractivity contribution in [3.63, 3.8) is 0 Å². The van der Waals surface area contributed by atoms with Gasteiger partial charge in [-0.2, -0.15) is 0 Å². The summed E-state index contributed by atoms with van der Waals surface area (Å²) in [5.74, 6) is -1.13. The fourth-order valence-corrected chi connectivity index (χ4v) is 6.33. The number of rotatable bonds is 38. The van der Waals surface area contributed by atoms with Gasteiger partial charge < -0.3 is 34.2 Å². The number of aliphatic hydroxyl groups is 3. The molecule has 1 unspecified atom stereocenters. The number of hydrogen-bond acceptors (Lipinski definition) is 10.